The lowest BCUT2D eigenvalue weighted by Gasteiger charge is -2.18. The second-order valence-electron chi connectivity index (χ2n) is 4.84. The van der Waals surface area contributed by atoms with Crippen LogP contribution in [0.2, 0.25) is 0 Å². The summed E-state index contributed by atoms with van der Waals surface area (Å²) in [5.74, 6) is -9.52. The van der Waals surface area contributed by atoms with E-state index < -0.39 is 52.6 Å². The van der Waals surface area contributed by atoms with Gasteiger partial charge in [-0.15, -0.1) is 0 Å². The third kappa shape index (κ3) is 2.79. The first-order valence-corrected chi connectivity index (χ1v) is 6.23. The van der Waals surface area contributed by atoms with Crippen molar-refractivity contribution in [3.63, 3.8) is 0 Å². The molecule has 2 atom stereocenters. The number of carboxylic acids is 1. The molecule has 2 rings (SSSR count). The van der Waals surface area contributed by atoms with Crippen LogP contribution in [0.1, 0.15) is 29.6 Å². The molecule has 0 radical (unpaired) electrons. The number of benzene rings is 1. The van der Waals surface area contributed by atoms with Gasteiger partial charge >= 0.3 is 5.97 Å². The van der Waals surface area contributed by atoms with Crippen LogP contribution < -0.4 is 5.32 Å². The minimum atomic E-state index is -1.78. The molecular formula is C13H12F3NO4. The summed E-state index contributed by atoms with van der Waals surface area (Å²) >= 11 is 0. The zero-order valence-electron chi connectivity index (χ0n) is 10.7. The van der Waals surface area contributed by atoms with Crippen LogP contribution in [0.3, 0.4) is 0 Å². The summed E-state index contributed by atoms with van der Waals surface area (Å²) in [5, 5.41) is 20.3. The van der Waals surface area contributed by atoms with Gasteiger partial charge in [0.2, 0.25) is 5.82 Å². The van der Waals surface area contributed by atoms with Crippen LogP contribution in [-0.2, 0) is 4.79 Å². The van der Waals surface area contributed by atoms with Crippen LogP contribution in [0.4, 0.5) is 13.2 Å². The summed E-state index contributed by atoms with van der Waals surface area (Å²) < 4.78 is 39.6. The Morgan fingerprint density at radius 1 is 1.19 bits per heavy atom. The fraction of sp³-hybridized carbons (Fsp3) is 0.385. The number of halogens is 3. The number of amides is 1. The number of nitrogens with one attached hydrogen (secondary N) is 1. The molecule has 0 saturated heterocycles. The Morgan fingerprint density at radius 3 is 2.48 bits per heavy atom. The van der Waals surface area contributed by atoms with Gasteiger partial charge < -0.3 is 15.5 Å². The minimum Gasteiger partial charge on any atom is -0.503 e. The first-order valence-electron chi connectivity index (χ1n) is 6.23. The maximum Gasteiger partial charge on any atom is 0.308 e. The van der Waals surface area contributed by atoms with Crippen LogP contribution in [0.25, 0.3) is 0 Å². The largest absolute Gasteiger partial charge is 0.503 e. The number of carbonyl (C=O) groups is 2. The highest BCUT2D eigenvalue weighted by molar-refractivity contribution is 5.95. The maximum absolute atomic E-state index is 13.6. The molecule has 0 aromatic heterocycles. The van der Waals surface area contributed by atoms with Crippen LogP contribution in [-0.4, -0.2) is 28.1 Å². The van der Waals surface area contributed by atoms with Crippen molar-refractivity contribution >= 4 is 11.9 Å². The molecular weight excluding hydrogens is 291 g/mol. The van der Waals surface area contributed by atoms with Gasteiger partial charge in [-0.05, 0) is 18.9 Å². The topological polar surface area (TPSA) is 86.6 Å². The zero-order valence-corrected chi connectivity index (χ0v) is 10.7. The summed E-state index contributed by atoms with van der Waals surface area (Å²) in [7, 11) is 0. The Hall–Kier alpha value is -2.25. The van der Waals surface area contributed by atoms with E-state index in [2.05, 4.69) is 5.32 Å². The standard InChI is InChI=1S/C13H12F3NO4/c14-7-4-6(9(15)11(18)10(7)16)12(19)17-8-3-1-2-5(8)13(20)21/h4-5,8,18H,1-3H2,(H,17,19)(H,20,21). The SMILES string of the molecule is O=C(NC1CCCC1C(=O)O)c1cc(F)c(F)c(O)c1F. The molecule has 2 unspecified atom stereocenters. The fourth-order valence-electron chi connectivity index (χ4n) is 2.43. The van der Waals surface area contributed by atoms with E-state index in [1.54, 1.807) is 0 Å². The maximum atomic E-state index is 13.6. The van der Waals surface area contributed by atoms with Gasteiger partial charge in [0.15, 0.2) is 17.4 Å². The molecule has 114 valence electrons. The molecule has 1 aliphatic rings. The van der Waals surface area contributed by atoms with Gasteiger partial charge in [-0.25, -0.2) is 8.78 Å². The molecule has 1 aliphatic carbocycles. The predicted octanol–water partition coefficient (Wildman–Crippen LogP) is 1.79. The van der Waals surface area contributed by atoms with Crippen molar-refractivity contribution in [2.75, 3.05) is 0 Å². The third-order valence-electron chi connectivity index (χ3n) is 3.53. The van der Waals surface area contributed by atoms with E-state index in [0.717, 1.165) is 0 Å². The van der Waals surface area contributed by atoms with Gasteiger partial charge in [-0.1, -0.05) is 6.42 Å². The Balaban J connectivity index is 2.23. The lowest BCUT2D eigenvalue weighted by atomic mass is 10.0. The minimum absolute atomic E-state index is 0.324. The lowest BCUT2D eigenvalue weighted by Crippen LogP contribution is -2.40. The number of hydrogen-bond acceptors (Lipinski definition) is 3. The van der Waals surface area contributed by atoms with Crippen molar-refractivity contribution in [1.29, 1.82) is 0 Å². The monoisotopic (exact) mass is 303 g/mol. The van der Waals surface area contributed by atoms with Gasteiger partial charge in [0.25, 0.3) is 5.91 Å². The predicted molar refractivity (Wildman–Crippen MR) is 64.2 cm³/mol. The summed E-state index contributed by atoms with van der Waals surface area (Å²) in [4.78, 5) is 22.8. The normalized spacial score (nSPS) is 21.3. The van der Waals surface area contributed by atoms with E-state index in [-0.39, 0.29) is 0 Å². The highest BCUT2D eigenvalue weighted by Crippen LogP contribution is 2.28. The quantitative estimate of drug-likeness (QED) is 0.743. The van der Waals surface area contributed by atoms with Gasteiger partial charge in [-0.3, -0.25) is 9.59 Å². The van der Waals surface area contributed by atoms with Crippen molar-refractivity contribution in [2.24, 2.45) is 5.92 Å². The molecule has 8 heteroatoms. The molecule has 3 N–H and O–H groups in total. The van der Waals surface area contributed by atoms with Crippen molar-refractivity contribution in [3.8, 4) is 5.75 Å². The number of aliphatic carboxylic acids is 1. The van der Waals surface area contributed by atoms with Crippen LogP contribution >= 0.6 is 0 Å². The smallest absolute Gasteiger partial charge is 0.308 e. The first kappa shape index (κ1) is 15.1. The molecule has 1 fully saturated rings. The van der Waals surface area contributed by atoms with E-state index in [1.165, 1.54) is 0 Å². The highest BCUT2D eigenvalue weighted by atomic mass is 19.2. The second kappa shape index (κ2) is 5.63. The average Bonchev–Trinajstić information content (AvgIpc) is 2.88. The van der Waals surface area contributed by atoms with Gasteiger partial charge in [0.05, 0.1) is 11.5 Å². The molecule has 21 heavy (non-hydrogen) atoms. The van der Waals surface area contributed by atoms with Crippen LogP contribution in [0.15, 0.2) is 6.07 Å². The Morgan fingerprint density at radius 2 is 1.86 bits per heavy atom. The third-order valence-corrected chi connectivity index (χ3v) is 3.53. The highest BCUT2D eigenvalue weighted by Gasteiger charge is 2.35. The number of phenols is 1. The number of hydrogen-bond donors (Lipinski definition) is 3. The molecule has 1 aromatic rings. The average molecular weight is 303 g/mol. The molecule has 1 amide bonds. The molecule has 1 aromatic carbocycles. The number of carboxylic acid groups (broad SMARTS) is 1. The van der Waals surface area contributed by atoms with Gasteiger partial charge in [0, 0.05) is 6.04 Å². The molecule has 0 spiro atoms. The van der Waals surface area contributed by atoms with Crippen molar-refractivity contribution in [1.82, 2.24) is 5.32 Å². The molecule has 5 nitrogen and oxygen atoms in total. The summed E-state index contributed by atoms with van der Waals surface area (Å²) in [6.45, 7) is 0. The lowest BCUT2D eigenvalue weighted by molar-refractivity contribution is -0.142. The number of aromatic hydroxyl groups is 1. The number of phenolic OH excluding ortho intramolecular Hbond substituents is 1. The zero-order chi connectivity index (χ0) is 15.7. The summed E-state index contributed by atoms with van der Waals surface area (Å²) in [6, 6.07) is -0.394. The Bertz CT molecular complexity index is 606. The Kier molecular flexibility index (Phi) is 4.06. The first-order chi connectivity index (χ1) is 9.82. The summed E-state index contributed by atoms with van der Waals surface area (Å²) in [6.07, 6.45) is 1.33. The van der Waals surface area contributed by atoms with Crippen molar-refractivity contribution in [3.05, 3.63) is 29.1 Å². The van der Waals surface area contributed by atoms with Crippen molar-refractivity contribution in [2.45, 2.75) is 25.3 Å². The van der Waals surface area contributed by atoms with Gasteiger partial charge in [0.1, 0.15) is 0 Å². The molecule has 0 bridgehead atoms. The van der Waals surface area contributed by atoms with Crippen molar-refractivity contribution < 1.29 is 33.0 Å². The summed E-state index contributed by atoms with van der Waals surface area (Å²) in [5.41, 5.74) is -0.873. The fourth-order valence-corrected chi connectivity index (χ4v) is 2.43. The second-order valence-corrected chi connectivity index (χ2v) is 4.84. The van der Waals surface area contributed by atoms with E-state index >= 15 is 0 Å². The van der Waals surface area contributed by atoms with Crippen LogP contribution in [0, 0.1) is 23.4 Å². The molecule has 0 heterocycles. The van der Waals surface area contributed by atoms with Crippen LogP contribution in [0.5, 0.6) is 5.75 Å². The number of carbonyl (C=O) groups excluding carboxylic acids is 1. The van der Waals surface area contributed by atoms with E-state index in [1.807, 2.05) is 0 Å². The van der Waals surface area contributed by atoms with E-state index in [0.29, 0.717) is 25.3 Å². The molecule has 1 saturated carbocycles. The Labute approximate surface area is 117 Å². The molecule has 0 aliphatic heterocycles. The number of rotatable bonds is 3. The van der Waals surface area contributed by atoms with E-state index in [9.17, 15) is 22.8 Å². The van der Waals surface area contributed by atoms with E-state index in [4.69, 9.17) is 10.2 Å². The van der Waals surface area contributed by atoms with Gasteiger partial charge in [-0.2, -0.15) is 4.39 Å².